The van der Waals surface area contributed by atoms with E-state index in [0.29, 0.717) is 34.4 Å². The Hall–Kier alpha value is -3.08. The van der Waals surface area contributed by atoms with Crippen molar-refractivity contribution in [2.75, 3.05) is 18.4 Å². The molecule has 3 aromatic rings. The topological polar surface area (TPSA) is 71.0 Å². The molecular weight excluding hydrogens is 446 g/mol. The maximum Gasteiger partial charge on any atom is 0.419 e. The summed E-state index contributed by atoms with van der Waals surface area (Å²) in [5.41, 5.74) is 0.0348. The van der Waals surface area contributed by atoms with Crippen LogP contribution >= 0.6 is 11.3 Å². The third-order valence-electron chi connectivity index (χ3n) is 4.71. The second kappa shape index (κ2) is 9.60. The lowest BCUT2D eigenvalue weighted by atomic mass is 10.1. The van der Waals surface area contributed by atoms with Crippen LogP contribution in [0.4, 0.5) is 23.5 Å². The van der Waals surface area contributed by atoms with Gasteiger partial charge in [0.1, 0.15) is 11.5 Å². The smallest absolute Gasteiger partial charge is 0.352 e. The van der Waals surface area contributed by atoms with Crippen LogP contribution in [-0.2, 0) is 6.18 Å². The minimum Gasteiger partial charge on any atom is -0.352 e. The maximum atomic E-state index is 13.3. The van der Waals surface area contributed by atoms with Crippen molar-refractivity contribution in [1.82, 2.24) is 19.9 Å². The summed E-state index contributed by atoms with van der Waals surface area (Å²) in [6.45, 7) is 6.02. The van der Waals surface area contributed by atoms with Gasteiger partial charge >= 0.3 is 6.18 Å². The van der Waals surface area contributed by atoms with Crippen LogP contribution in [0.15, 0.2) is 36.7 Å². The van der Waals surface area contributed by atoms with Crippen molar-refractivity contribution in [2.24, 2.45) is 0 Å². The van der Waals surface area contributed by atoms with E-state index in [0.717, 1.165) is 0 Å². The third-order valence-corrected chi connectivity index (χ3v) is 5.73. The van der Waals surface area contributed by atoms with Gasteiger partial charge in [-0.15, -0.1) is 11.3 Å². The van der Waals surface area contributed by atoms with Crippen molar-refractivity contribution >= 4 is 23.2 Å². The third kappa shape index (κ3) is 5.39. The Morgan fingerprint density at radius 3 is 2.38 bits per heavy atom. The molecule has 0 aliphatic carbocycles. The van der Waals surface area contributed by atoms with Gasteiger partial charge in [-0.3, -0.25) is 4.79 Å². The minimum atomic E-state index is -4.51. The summed E-state index contributed by atoms with van der Waals surface area (Å²) in [6, 6.07) is 5.52. The van der Waals surface area contributed by atoms with E-state index in [1.54, 1.807) is 30.9 Å². The number of thiazole rings is 1. The number of hydrogen-bond acceptors (Lipinski definition) is 6. The van der Waals surface area contributed by atoms with Crippen LogP contribution in [0.5, 0.6) is 0 Å². The summed E-state index contributed by atoms with van der Waals surface area (Å²) < 4.78 is 51.2. The average Bonchev–Trinajstić information content (AvgIpc) is 3.14. The van der Waals surface area contributed by atoms with Gasteiger partial charge < -0.3 is 10.2 Å². The number of carbonyl (C=O) groups excluding carboxylic acids is 1. The van der Waals surface area contributed by atoms with E-state index in [1.807, 2.05) is 6.92 Å². The van der Waals surface area contributed by atoms with E-state index in [4.69, 9.17) is 0 Å². The average molecular weight is 467 g/mol. The highest BCUT2D eigenvalue weighted by atomic mass is 32.1. The number of alkyl halides is 3. The molecule has 32 heavy (non-hydrogen) atoms. The molecule has 170 valence electrons. The van der Waals surface area contributed by atoms with Crippen LogP contribution in [-0.4, -0.2) is 44.9 Å². The molecule has 2 heterocycles. The van der Waals surface area contributed by atoms with Gasteiger partial charge in [-0.1, -0.05) is 12.1 Å². The first-order valence-electron chi connectivity index (χ1n) is 9.77. The predicted octanol–water partition coefficient (Wildman–Crippen LogP) is 5.03. The van der Waals surface area contributed by atoms with Crippen molar-refractivity contribution in [3.05, 3.63) is 58.7 Å². The van der Waals surface area contributed by atoms with Crippen molar-refractivity contribution < 1.29 is 22.4 Å². The lowest BCUT2D eigenvalue weighted by Gasteiger charge is -2.28. The fourth-order valence-corrected chi connectivity index (χ4v) is 3.99. The van der Waals surface area contributed by atoms with E-state index < -0.39 is 11.7 Å². The molecule has 1 aromatic carbocycles. The summed E-state index contributed by atoms with van der Waals surface area (Å²) in [6.07, 6.45) is -3.10. The van der Waals surface area contributed by atoms with Gasteiger partial charge in [0.25, 0.3) is 5.91 Å². The number of aromatic nitrogens is 3. The zero-order chi connectivity index (χ0) is 23.5. The minimum absolute atomic E-state index is 0.0323. The number of nitrogens with zero attached hydrogens (tertiary/aromatic N) is 4. The monoisotopic (exact) mass is 467 g/mol. The molecule has 0 fully saturated rings. The van der Waals surface area contributed by atoms with Crippen molar-refractivity contribution in [3.8, 4) is 10.4 Å². The number of aryl methyl sites for hydroxylation is 1. The summed E-state index contributed by atoms with van der Waals surface area (Å²) in [7, 11) is 0. The van der Waals surface area contributed by atoms with Crippen LogP contribution in [0.2, 0.25) is 0 Å². The lowest BCUT2D eigenvalue weighted by molar-refractivity contribution is -0.138. The first kappa shape index (κ1) is 23.6. The number of rotatable bonds is 7. The molecule has 11 heteroatoms. The normalized spacial score (nSPS) is 12.5. The van der Waals surface area contributed by atoms with E-state index >= 15 is 0 Å². The van der Waals surface area contributed by atoms with Crippen LogP contribution in [0.3, 0.4) is 0 Å². The Morgan fingerprint density at radius 1 is 1.19 bits per heavy atom. The van der Waals surface area contributed by atoms with Crippen molar-refractivity contribution in [2.45, 2.75) is 33.0 Å². The van der Waals surface area contributed by atoms with Crippen molar-refractivity contribution in [1.29, 1.82) is 0 Å². The fraction of sp³-hybridized carbons (Fsp3) is 0.333. The molecule has 0 saturated heterocycles. The molecule has 0 radical (unpaired) electrons. The number of hydrogen-bond donors (Lipinski definition) is 1. The number of carbonyl (C=O) groups is 1. The van der Waals surface area contributed by atoms with Crippen LogP contribution < -0.4 is 5.32 Å². The second-order valence-electron chi connectivity index (χ2n) is 7.03. The van der Waals surface area contributed by atoms with E-state index in [1.165, 1.54) is 23.5 Å². The van der Waals surface area contributed by atoms with E-state index in [-0.39, 0.29) is 36.0 Å². The summed E-state index contributed by atoms with van der Waals surface area (Å²) in [5, 5.41) is 3.56. The standard InChI is InChI=1S/C21H21F4N5OS/c1-4-30(12(2)9-26-20-27-10-15(11-28-20)21(23,24)25)19(31)17-18(32-13(3)29-17)14-5-7-16(22)8-6-14/h5-8,10-12H,4,9H2,1-3H3,(H,26,27,28). The molecule has 0 aliphatic heterocycles. The maximum absolute atomic E-state index is 13.3. The molecule has 1 atom stereocenters. The number of anilines is 1. The van der Waals surface area contributed by atoms with Crippen LogP contribution in [0.25, 0.3) is 10.4 Å². The predicted molar refractivity (Wildman–Crippen MR) is 114 cm³/mol. The number of likely N-dealkylation sites (N-methyl/N-ethyl adjacent to an activating group) is 1. The van der Waals surface area contributed by atoms with Gasteiger partial charge in [0.15, 0.2) is 0 Å². The van der Waals surface area contributed by atoms with Crippen molar-refractivity contribution in [3.63, 3.8) is 0 Å². The molecule has 1 unspecified atom stereocenters. The van der Waals surface area contributed by atoms with Gasteiger partial charge in [0.2, 0.25) is 5.95 Å². The molecule has 0 spiro atoms. The van der Waals surface area contributed by atoms with Gasteiger partial charge in [0, 0.05) is 31.5 Å². The second-order valence-corrected chi connectivity index (χ2v) is 8.23. The quantitative estimate of drug-likeness (QED) is 0.494. The molecule has 1 N–H and O–H groups in total. The number of amides is 1. The molecule has 3 rings (SSSR count). The van der Waals surface area contributed by atoms with Gasteiger partial charge in [-0.2, -0.15) is 13.2 Å². The SMILES string of the molecule is CCN(C(=O)c1nc(C)sc1-c1ccc(F)cc1)C(C)CNc1ncc(C(F)(F)F)cn1. The first-order valence-corrected chi connectivity index (χ1v) is 10.6. The lowest BCUT2D eigenvalue weighted by Crippen LogP contribution is -2.42. The first-order chi connectivity index (χ1) is 15.1. The van der Waals surface area contributed by atoms with Crippen LogP contribution in [0, 0.1) is 12.7 Å². The highest BCUT2D eigenvalue weighted by Gasteiger charge is 2.31. The highest BCUT2D eigenvalue weighted by Crippen LogP contribution is 2.31. The Balaban J connectivity index is 1.74. The van der Waals surface area contributed by atoms with E-state index in [2.05, 4.69) is 20.3 Å². The Morgan fingerprint density at radius 2 is 1.81 bits per heavy atom. The molecule has 2 aromatic heterocycles. The zero-order valence-corrected chi connectivity index (χ0v) is 18.4. The van der Waals surface area contributed by atoms with Gasteiger partial charge in [-0.05, 0) is 38.5 Å². The molecule has 1 amide bonds. The number of benzene rings is 1. The molecule has 0 aliphatic rings. The fourth-order valence-electron chi connectivity index (χ4n) is 3.08. The molecular formula is C21H21F4N5OS. The van der Waals surface area contributed by atoms with Gasteiger partial charge in [-0.25, -0.2) is 19.3 Å². The Bertz CT molecular complexity index is 1070. The Kier molecular flexibility index (Phi) is 7.07. The molecule has 0 saturated carbocycles. The largest absolute Gasteiger partial charge is 0.419 e. The Labute approximate surface area is 186 Å². The molecule has 6 nitrogen and oxygen atoms in total. The zero-order valence-electron chi connectivity index (χ0n) is 17.6. The molecule has 0 bridgehead atoms. The summed E-state index contributed by atoms with van der Waals surface area (Å²) in [5.74, 6) is -0.633. The number of nitrogens with one attached hydrogen (secondary N) is 1. The summed E-state index contributed by atoms with van der Waals surface area (Å²) in [4.78, 5) is 27.3. The highest BCUT2D eigenvalue weighted by molar-refractivity contribution is 7.15. The van der Waals surface area contributed by atoms with E-state index in [9.17, 15) is 22.4 Å². The van der Waals surface area contributed by atoms with Gasteiger partial charge in [0.05, 0.1) is 15.4 Å². The van der Waals surface area contributed by atoms with Crippen LogP contribution in [0.1, 0.15) is 34.9 Å². The summed E-state index contributed by atoms with van der Waals surface area (Å²) >= 11 is 1.35. The number of halogens is 4.